The van der Waals surface area contributed by atoms with Crippen LogP contribution in [0.15, 0.2) is 171 Å². The number of carbonyl (C=O) groups excluding carboxylic acids is 3. The molecular weight excluding hydrogens is 1100 g/mol. The first-order valence-corrected chi connectivity index (χ1v) is 27.8. The number of esters is 1. The molecule has 85 heavy (non-hydrogen) atoms. The molecule has 2 aliphatic rings. The predicted octanol–water partition coefficient (Wildman–Crippen LogP) is 12.6. The van der Waals surface area contributed by atoms with Gasteiger partial charge in [-0.15, -0.1) is 12.4 Å². The molecule has 0 spiro atoms. The summed E-state index contributed by atoms with van der Waals surface area (Å²) in [7, 11) is 0. The number of carboxylic acids is 1. The number of fused-ring (bicyclic) bond motifs is 2. The minimum absolute atomic E-state index is 0. The van der Waals surface area contributed by atoms with Gasteiger partial charge in [-0.05, 0) is 181 Å². The number of anilines is 8. The third-order valence-corrected chi connectivity index (χ3v) is 14.5. The maximum absolute atomic E-state index is 13.2. The number of hydrogen-bond acceptors (Lipinski definition) is 15. The number of amides is 2. The zero-order valence-electron chi connectivity index (χ0n) is 47.4. The number of hydrogen-bond donors (Lipinski definition) is 5. The van der Waals surface area contributed by atoms with Crippen molar-refractivity contribution in [3.63, 3.8) is 0 Å². The van der Waals surface area contributed by atoms with Gasteiger partial charge in [0.15, 0.2) is 11.3 Å². The molecule has 21 heteroatoms. The van der Waals surface area contributed by atoms with Gasteiger partial charge in [0.2, 0.25) is 0 Å². The Morgan fingerprint density at radius 1 is 0.541 bits per heavy atom. The summed E-state index contributed by atoms with van der Waals surface area (Å²) < 4.78 is 8.82. The molecule has 2 amide bonds. The van der Waals surface area contributed by atoms with Gasteiger partial charge < -0.3 is 40.9 Å². The Morgan fingerprint density at radius 2 is 0.976 bits per heavy atom. The highest BCUT2D eigenvalue weighted by Gasteiger charge is 2.24. The highest BCUT2D eigenvalue weighted by atomic mass is 35.5. The molecule has 0 aliphatic carbocycles. The van der Waals surface area contributed by atoms with Crippen molar-refractivity contribution >= 4 is 93.5 Å². The number of benzene rings is 4. The van der Waals surface area contributed by atoms with E-state index in [1.54, 1.807) is 63.6 Å². The number of rotatable bonds is 14. The van der Waals surface area contributed by atoms with Crippen molar-refractivity contribution in [3.8, 4) is 22.3 Å². The monoisotopic (exact) mass is 1160 g/mol. The lowest BCUT2D eigenvalue weighted by molar-refractivity contribution is 0.00690. The molecule has 20 nitrogen and oxygen atoms in total. The smallest absolute Gasteiger partial charge is 0.338 e. The van der Waals surface area contributed by atoms with Crippen molar-refractivity contribution in [1.29, 1.82) is 0 Å². The molecule has 2 fully saturated rings. The van der Waals surface area contributed by atoms with E-state index in [0.717, 1.165) is 77.0 Å². The van der Waals surface area contributed by atoms with E-state index in [9.17, 15) is 19.2 Å². The Bertz CT molecular complexity index is 4070. The first-order chi connectivity index (χ1) is 40.6. The fraction of sp³-hybridized carbons (Fsp3) is 0.219. The van der Waals surface area contributed by atoms with Crippen LogP contribution in [-0.2, 0) is 4.74 Å². The van der Waals surface area contributed by atoms with Gasteiger partial charge in [0.05, 0.1) is 22.5 Å². The summed E-state index contributed by atoms with van der Waals surface area (Å²) in [5.41, 5.74) is 8.17. The number of carbonyl (C=O) groups is 4. The highest BCUT2D eigenvalue weighted by molar-refractivity contribution is 6.06. The van der Waals surface area contributed by atoms with E-state index in [2.05, 4.69) is 65.1 Å². The van der Waals surface area contributed by atoms with Gasteiger partial charge in [0.1, 0.15) is 41.5 Å². The molecule has 4 aromatic carbocycles. The van der Waals surface area contributed by atoms with Gasteiger partial charge in [-0.2, -0.15) is 10.2 Å². The average Bonchev–Trinajstić information content (AvgIpc) is 4.34. The third kappa shape index (κ3) is 13.7. The molecule has 10 aromatic rings. The molecule has 0 radical (unpaired) electrons. The van der Waals surface area contributed by atoms with Crippen LogP contribution in [0.5, 0.6) is 0 Å². The molecular formula is C64H63ClN14O6. The van der Waals surface area contributed by atoms with Gasteiger partial charge in [0.25, 0.3) is 11.8 Å². The predicted molar refractivity (Wildman–Crippen MR) is 332 cm³/mol. The van der Waals surface area contributed by atoms with Gasteiger partial charge in [-0.25, -0.2) is 38.6 Å². The van der Waals surface area contributed by atoms with Crippen LogP contribution in [0.3, 0.4) is 0 Å². The number of ether oxygens (including phenoxy) is 1. The maximum Gasteiger partial charge on any atom is 0.338 e. The minimum Gasteiger partial charge on any atom is -0.478 e. The van der Waals surface area contributed by atoms with E-state index in [-0.39, 0.29) is 29.8 Å². The van der Waals surface area contributed by atoms with E-state index in [1.165, 1.54) is 37.6 Å². The molecule has 12 rings (SSSR count). The summed E-state index contributed by atoms with van der Waals surface area (Å²) in [4.78, 5) is 72.9. The SMILES string of the molecule is CC1CCCN1c1cccc(Nc2cc(-c3cccc(C(=O)Nc4ccc(C(=O)O)cc4)c3)cn3ncnc23)n1.CC1CCCN1c1cccc(Nc2cc(-c3cccc(C(=O)Nc4ccc(C(=O)OC(C)(C)C)cc4)c3)cn3ncnc23)n1.Cl. The summed E-state index contributed by atoms with van der Waals surface area (Å²) in [6, 6.07) is 44.2. The molecule has 8 heterocycles. The topological polar surface area (TPSA) is 238 Å². The number of halogens is 1. The summed E-state index contributed by atoms with van der Waals surface area (Å²) in [5, 5.41) is 30.4. The molecule has 2 saturated heterocycles. The number of carboxylic acid groups (broad SMARTS) is 1. The standard InChI is InChI=1S/C34H35N7O3.C30H27N7O3.ClH/c1-22-8-7-17-40(22)30-12-6-11-29(39-30)38-28-19-26(20-41-31(28)35-21-36-41)24-9-5-10-25(18-24)32(42)37-27-15-13-23(14-16-27)33(43)44-34(2,3)4;1-19-5-4-14-36(19)27-9-3-8-26(35-27)34-25-16-23(17-37-28(25)31-18-32-37)21-6-2-7-22(15-21)29(38)33-24-12-10-20(11-13-24)30(39)40;/h5-6,9-16,18-22H,7-8,17H2,1-4H3,(H,37,42)(H,38,39);2-3,6-13,15-19H,4-5,14H2,1H3,(H,33,38)(H,34,35)(H,39,40);1H. The molecule has 2 atom stereocenters. The quantitative estimate of drug-likeness (QED) is 0.0636. The van der Waals surface area contributed by atoms with Crippen LogP contribution in [-0.4, -0.2) is 98.8 Å². The van der Waals surface area contributed by atoms with Crippen molar-refractivity contribution in [3.05, 3.63) is 193 Å². The van der Waals surface area contributed by atoms with Crippen LogP contribution in [0.2, 0.25) is 0 Å². The van der Waals surface area contributed by atoms with Crippen LogP contribution in [0.4, 0.5) is 46.0 Å². The summed E-state index contributed by atoms with van der Waals surface area (Å²) >= 11 is 0. The molecule has 0 bridgehead atoms. The van der Waals surface area contributed by atoms with Crippen LogP contribution in [0, 0.1) is 0 Å². The lowest BCUT2D eigenvalue weighted by Gasteiger charge is -2.23. The van der Waals surface area contributed by atoms with Crippen molar-refractivity contribution in [2.45, 2.75) is 78.0 Å². The van der Waals surface area contributed by atoms with Crippen LogP contribution >= 0.6 is 12.4 Å². The first kappa shape index (κ1) is 58.0. The number of aromatic nitrogens is 8. The Labute approximate surface area is 496 Å². The van der Waals surface area contributed by atoms with Crippen molar-refractivity contribution in [2.24, 2.45) is 0 Å². The van der Waals surface area contributed by atoms with E-state index < -0.39 is 17.5 Å². The normalized spacial score (nSPS) is 14.7. The fourth-order valence-electron chi connectivity index (χ4n) is 10.3. The maximum atomic E-state index is 13.2. The van der Waals surface area contributed by atoms with Gasteiger partial charge in [-0.3, -0.25) is 9.59 Å². The van der Waals surface area contributed by atoms with E-state index in [4.69, 9.17) is 19.8 Å². The van der Waals surface area contributed by atoms with Gasteiger partial charge in [0, 0.05) is 71.2 Å². The second-order valence-corrected chi connectivity index (χ2v) is 21.8. The second-order valence-electron chi connectivity index (χ2n) is 21.8. The lowest BCUT2D eigenvalue weighted by atomic mass is 10.0. The van der Waals surface area contributed by atoms with E-state index in [0.29, 0.717) is 57.3 Å². The number of nitrogens with zero attached hydrogens (tertiary/aromatic N) is 10. The number of aromatic carboxylic acids is 1. The Kier molecular flexibility index (Phi) is 17.1. The largest absolute Gasteiger partial charge is 0.478 e. The zero-order valence-corrected chi connectivity index (χ0v) is 48.2. The fourth-order valence-corrected chi connectivity index (χ4v) is 10.3. The zero-order chi connectivity index (χ0) is 58.5. The third-order valence-electron chi connectivity index (χ3n) is 14.5. The van der Waals surface area contributed by atoms with E-state index >= 15 is 0 Å². The minimum atomic E-state index is -1.02. The van der Waals surface area contributed by atoms with Crippen molar-refractivity contribution < 1.29 is 29.0 Å². The van der Waals surface area contributed by atoms with Gasteiger partial charge >= 0.3 is 11.9 Å². The second kappa shape index (κ2) is 25.1. The van der Waals surface area contributed by atoms with E-state index in [1.807, 2.05) is 112 Å². The lowest BCUT2D eigenvalue weighted by Crippen LogP contribution is -2.27. The Morgan fingerprint density at radius 3 is 1.39 bits per heavy atom. The molecule has 2 unspecified atom stereocenters. The number of pyridine rings is 4. The van der Waals surface area contributed by atoms with Gasteiger partial charge in [-0.1, -0.05) is 36.4 Å². The van der Waals surface area contributed by atoms with Crippen LogP contribution < -0.4 is 31.1 Å². The highest BCUT2D eigenvalue weighted by Crippen LogP contribution is 2.33. The Balaban J connectivity index is 0.000000188. The molecule has 6 aromatic heterocycles. The molecule has 2 aliphatic heterocycles. The molecule has 0 saturated carbocycles. The van der Waals surface area contributed by atoms with Crippen LogP contribution in [0.25, 0.3) is 33.5 Å². The van der Waals surface area contributed by atoms with Crippen molar-refractivity contribution in [2.75, 3.05) is 44.2 Å². The van der Waals surface area contributed by atoms with Crippen LogP contribution in [0.1, 0.15) is 102 Å². The Hall–Kier alpha value is -10.2. The first-order valence-electron chi connectivity index (χ1n) is 27.8. The summed E-state index contributed by atoms with van der Waals surface area (Å²) in [6.07, 6.45) is 11.4. The number of nitrogens with one attached hydrogen (secondary N) is 4. The summed E-state index contributed by atoms with van der Waals surface area (Å²) in [5.74, 6) is 1.32. The average molecular weight is 1160 g/mol. The molecule has 432 valence electrons. The van der Waals surface area contributed by atoms with Crippen molar-refractivity contribution in [1.82, 2.24) is 39.2 Å². The summed E-state index contributed by atoms with van der Waals surface area (Å²) in [6.45, 7) is 11.9. The molecule has 5 N–H and O–H groups in total.